The number of methoxy groups -OCH3 is 3. The van der Waals surface area contributed by atoms with Crippen LogP contribution in [0.5, 0.6) is 17.2 Å². The van der Waals surface area contributed by atoms with Gasteiger partial charge in [-0.15, -0.1) is 24.0 Å². The average Bonchev–Trinajstić information content (AvgIpc) is 2.79. The molecule has 2 rings (SSSR count). The quantitative estimate of drug-likeness (QED) is 0.257. The summed E-state index contributed by atoms with van der Waals surface area (Å²) in [6.07, 6.45) is 0. The van der Waals surface area contributed by atoms with E-state index < -0.39 is 0 Å². The second-order valence-electron chi connectivity index (χ2n) is 6.36. The lowest BCUT2D eigenvalue weighted by atomic mass is 10.1. The number of carbonyl (C=O) groups is 1. The molecule has 3 N–H and O–H groups in total. The number of carbonyl (C=O) groups excluding carboxylic acids is 1. The van der Waals surface area contributed by atoms with E-state index in [9.17, 15) is 4.79 Å². The van der Waals surface area contributed by atoms with Crippen LogP contribution in [0.15, 0.2) is 41.4 Å². The van der Waals surface area contributed by atoms with Crippen LogP contribution < -0.4 is 30.2 Å². The van der Waals surface area contributed by atoms with E-state index >= 15 is 0 Å². The maximum Gasteiger partial charge on any atom is 0.251 e. The van der Waals surface area contributed by atoms with Crippen LogP contribution in [-0.2, 0) is 13.1 Å². The van der Waals surface area contributed by atoms with Crippen LogP contribution >= 0.6 is 24.0 Å². The van der Waals surface area contributed by atoms with Gasteiger partial charge in [-0.25, -0.2) is 4.99 Å². The van der Waals surface area contributed by atoms with E-state index in [-0.39, 0.29) is 29.9 Å². The highest BCUT2D eigenvalue weighted by Crippen LogP contribution is 2.38. The zero-order valence-electron chi connectivity index (χ0n) is 18.6. The highest BCUT2D eigenvalue weighted by atomic mass is 127. The topological polar surface area (TPSA) is 93.2 Å². The number of halogens is 1. The molecule has 0 saturated heterocycles. The fraction of sp³-hybridized carbons (Fsp3) is 0.364. The molecular weight excluding hydrogens is 511 g/mol. The van der Waals surface area contributed by atoms with Gasteiger partial charge >= 0.3 is 0 Å². The number of benzene rings is 2. The molecule has 1 amide bonds. The van der Waals surface area contributed by atoms with Crippen molar-refractivity contribution >= 4 is 35.8 Å². The first-order valence-electron chi connectivity index (χ1n) is 9.68. The molecule has 0 radical (unpaired) electrons. The first-order valence-corrected chi connectivity index (χ1v) is 9.68. The van der Waals surface area contributed by atoms with Crippen molar-refractivity contribution in [2.75, 3.05) is 34.9 Å². The Bertz CT molecular complexity index is 865. The monoisotopic (exact) mass is 542 g/mol. The van der Waals surface area contributed by atoms with Gasteiger partial charge in [-0.3, -0.25) is 4.79 Å². The lowest BCUT2D eigenvalue weighted by Gasteiger charge is -2.14. The third-order valence-corrected chi connectivity index (χ3v) is 4.36. The summed E-state index contributed by atoms with van der Waals surface area (Å²) < 4.78 is 16.2. The Morgan fingerprint density at radius 3 is 2.19 bits per heavy atom. The maximum absolute atomic E-state index is 11.8. The van der Waals surface area contributed by atoms with Crippen molar-refractivity contribution in [1.82, 2.24) is 16.0 Å². The molecule has 9 heteroatoms. The molecule has 0 unspecified atom stereocenters. The average molecular weight is 542 g/mol. The number of hydrogen-bond acceptors (Lipinski definition) is 5. The lowest BCUT2D eigenvalue weighted by Crippen LogP contribution is -2.36. The Balaban J connectivity index is 0.00000480. The van der Waals surface area contributed by atoms with Crippen molar-refractivity contribution in [2.24, 2.45) is 4.99 Å². The minimum absolute atomic E-state index is 0. The van der Waals surface area contributed by atoms with E-state index in [2.05, 4.69) is 20.9 Å². The zero-order chi connectivity index (χ0) is 21.9. The van der Waals surface area contributed by atoms with E-state index in [0.717, 1.165) is 17.7 Å². The van der Waals surface area contributed by atoms with Crippen LogP contribution in [0.4, 0.5) is 0 Å². The molecule has 0 spiro atoms. The Morgan fingerprint density at radius 2 is 1.65 bits per heavy atom. The molecule has 0 heterocycles. The third-order valence-electron chi connectivity index (χ3n) is 4.36. The second-order valence-corrected chi connectivity index (χ2v) is 6.36. The van der Waals surface area contributed by atoms with Gasteiger partial charge in [0, 0.05) is 25.7 Å². The summed E-state index contributed by atoms with van der Waals surface area (Å²) in [5, 5.41) is 9.15. The summed E-state index contributed by atoms with van der Waals surface area (Å²) in [6, 6.07) is 11.2. The Morgan fingerprint density at radius 1 is 0.968 bits per heavy atom. The van der Waals surface area contributed by atoms with Crippen LogP contribution in [0, 0.1) is 0 Å². The lowest BCUT2D eigenvalue weighted by molar-refractivity contribution is 0.0963. The summed E-state index contributed by atoms with van der Waals surface area (Å²) in [6.45, 7) is 3.68. The fourth-order valence-electron chi connectivity index (χ4n) is 2.89. The van der Waals surface area contributed by atoms with Gasteiger partial charge in [-0.2, -0.15) is 0 Å². The number of aliphatic imine (C=N–C) groups is 1. The van der Waals surface area contributed by atoms with Gasteiger partial charge in [0.1, 0.15) is 0 Å². The number of nitrogens with zero attached hydrogens (tertiary/aromatic N) is 1. The molecule has 0 aliphatic heterocycles. The van der Waals surface area contributed by atoms with Gasteiger partial charge in [-0.1, -0.05) is 12.1 Å². The molecule has 31 heavy (non-hydrogen) atoms. The highest BCUT2D eigenvalue weighted by Gasteiger charge is 2.13. The van der Waals surface area contributed by atoms with Crippen LogP contribution in [0.2, 0.25) is 0 Å². The molecule has 2 aromatic carbocycles. The van der Waals surface area contributed by atoms with Crippen LogP contribution in [0.1, 0.15) is 28.4 Å². The molecule has 0 bridgehead atoms. The summed E-state index contributed by atoms with van der Waals surface area (Å²) in [7, 11) is 6.36. The summed E-state index contributed by atoms with van der Waals surface area (Å²) >= 11 is 0. The number of hydrogen-bond donors (Lipinski definition) is 3. The van der Waals surface area contributed by atoms with Crippen molar-refractivity contribution in [3.63, 3.8) is 0 Å². The third kappa shape index (κ3) is 7.50. The first-order chi connectivity index (χ1) is 14.6. The number of rotatable bonds is 9. The molecular formula is C22H31IN4O4. The van der Waals surface area contributed by atoms with E-state index in [1.54, 1.807) is 34.4 Å². The van der Waals surface area contributed by atoms with Gasteiger partial charge in [0.25, 0.3) is 5.91 Å². The SMILES string of the molecule is CCNC(=NCc1cc(OC)c(OC)c(OC)c1)NCc1cccc(C(=O)NC)c1.I. The zero-order valence-corrected chi connectivity index (χ0v) is 20.9. The van der Waals surface area contributed by atoms with Gasteiger partial charge in [0.05, 0.1) is 27.9 Å². The molecule has 0 aliphatic carbocycles. The van der Waals surface area contributed by atoms with Crippen molar-refractivity contribution in [1.29, 1.82) is 0 Å². The number of amides is 1. The molecule has 0 aliphatic rings. The Kier molecular flexibility index (Phi) is 11.5. The predicted octanol–water partition coefficient (Wildman–Crippen LogP) is 2.95. The summed E-state index contributed by atoms with van der Waals surface area (Å²) in [5.41, 5.74) is 2.52. The Labute approximate surface area is 200 Å². The second kappa shape index (κ2) is 13.6. The van der Waals surface area contributed by atoms with Crippen LogP contribution in [-0.4, -0.2) is 46.8 Å². The molecule has 0 saturated carbocycles. The van der Waals surface area contributed by atoms with Gasteiger partial charge in [0.2, 0.25) is 5.75 Å². The number of nitrogens with one attached hydrogen (secondary N) is 3. The van der Waals surface area contributed by atoms with E-state index in [1.165, 1.54) is 0 Å². The van der Waals surface area contributed by atoms with Crippen LogP contribution in [0.3, 0.4) is 0 Å². The fourth-order valence-corrected chi connectivity index (χ4v) is 2.89. The molecule has 0 atom stereocenters. The highest BCUT2D eigenvalue weighted by molar-refractivity contribution is 14.0. The van der Waals surface area contributed by atoms with E-state index in [4.69, 9.17) is 14.2 Å². The summed E-state index contributed by atoms with van der Waals surface area (Å²) in [5.74, 6) is 2.28. The van der Waals surface area contributed by atoms with Crippen molar-refractivity contribution < 1.29 is 19.0 Å². The standard InChI is InChI=1S/C22H30N4O4.HI/c1-6-24-22(25-13-15-8-7-9-17(10-15)21(27)23-2)26-14-16-11-18(28-3)20(30-5)19(12-16)29-4;/h7-12H,6,13-14H2,1-5H3,(H,23,27)(H2,24,25,26);1H. The van der Waals surface area contributed by atoms with Gasteiger partial charge < -0.3 is 30.2 Å². The first kappa shape index (κ1) is 26.3. The van der Waals surface area contributed by atoms with Crippen molar-refractivity contribution in [3.05, 3.63) is 53.1 Å². The van der Waals surface area contributed by atoms with Crippen molar-refractivity contribution in [2.45, 2.75) is 20.0 Å². The smallest absolute Gasteiger partial charge is 0.251 e. The molecule has 0 fully saturated rings. The molecule has 8 nitrogen and oxygen atoms in total. The normalized spacial score (nSPS) is 10.5. The maximum atomic E-state index is 11.8. The largest absolute Gasteiger partial charge is 0.493 e. The van der Waals surface area contributed by atoms with E-state index in [0.29, 0.717) is 41.9 Å². The van der Waals surface area contributed by atoms with Crippen LogP contribution in [0.25, 0.3) is 0 Å². The van der Waals surface area contributed by atoms with Gasteiger partial charge in [-0.05, 0) is 42.3 Å². The molecule has 170 valence electrons. The molecule has 0 aromatic heterocycles. The van der Waals surface area contributed by atoms with Crippen molar-refractivity contribution in [3.8, 4) is 17.2 Å². The summed E-state index contributed by atoms with van der Waals surface area (Å²) in [4.78, 5) is 16.5. The van der Waals surface area contributed by atoms with E-state index in [1.807, 2.05) is 37.3 Å². The Hall–Kier alpha value is -2.69. The minimum Gasteiger partial charge on any atom is -0.493 e. The number of guanidine groups is 1. The van der Waals surface area contributed by atoms with Gasteiger partial charge in [0.15, 0.2) is 17.5 Å². The number of ether oxygens (including phenoxy) is 3. The predicted molar refractivity (Wildman–Crippen MR) is 133 cm³/mol. The molecule has 2 aromatic rings. The minimum atomic E-state index is -0.111.